The Morgan fingerprint density at radius 3 is 3.11 bits per heavy atom. The lowest BCUT2D eigenvalue weighted by Gasteiger charge is -2.09. The largest absolute Gasteiger partial charge is 0.447 e. The molecule has 2 amide bonds. The fourth-order valence-electron chi connectivity index (χ4n) is 1.59. The first-order valence-electron chi connectivity index (χ1n) is 5.77. The molecule has 8 heteroatoms. The summed E-state index contributed by atoms with van der Waals surface area (Å²) in [5.41, 5.74) is 0.758. The summed E-state index contributed by atoms with van der Waals surface area (Å²) in [6.07, 6.45) is 1.09. The average molecular weight is 253 g/mol. The molecule has 0 aliphatic carbocycles. The van der Waals surface area contributed by atoms with E-state index in [1.807, 2.05) is 6.92 Å². The maximum absolute atomic E-state index is 11.8. The third-order valence-electron chi connectivity index (χ3n) is 2.50. The second-order valence-electron chi connectivity index (χ2n) is 3.85. The van der Waals surface area contributed by atoms with Gasteiger partial charge in [-0.15, -0.1) is 5.10 Å². The highest BCUT2D eigenvalue weighted by molar-refractivity contribution is 5.92. The third kappa shape index (κ3) is 2.83. The smallest absolute Gasteiger partial charge is 0.416 e. The molecule has 1 aromatic rings. The molecule has 1 aromatic heterocycles. The lowest BCUT2D eigenvalue weighted by Crippen LogP contribution is -2.34. The number of cyclic esters (lactones) is 1. The minimum absolute atomic E-state index is 0.00573. The number of aromatic nitrogens is 3. The van der Waals surface area contributed by atoms with E-state index in [0.29, 0.717) is 13.1 Å². The standard InChI is InChI=1S/C10H15N5O3/c1-2-11-5-8-6-14(13-12-8)7-9(16)15-3-4-18-10(15)17/h6,11H,2-5,7H2,1H3. The van der Waals surface area contributed by atoms with Crippen molar-refractivity contribution in [3.63, 3.8) is 0 Å². The fourth-order valence-corrected chi connectivity index (χ4v) is 1.59. The van der Waals surface area contributed by atoms with E-state index in [4.69, 9.17) is 4.74 Å². The van der Waals surface area contributed by atoms with Gasteiger partial charge in [-0.3, -0.25) is 4.79 Å². The van der Waals surface area contributed by atoms with Gasteiger partial charge < -0.3 is 10.1 Å². The average Bonchev–Trinajstić information content (AvgIpc) is 2.95. The van der Waals surface area contributed by atoms with Crippen molar-refractivity contribution in [1.82, 2.24) is 25.2 Å². The highest BCUT2D eigenvalue weighted by atomic mass is 16.6. The Hall–Kier alpha value is -1.96. The summed E-state index contributed by atoms with van der Waals surface area (Å²) in [6, 6.07) is 0. The molecular formula is C10H15N5O3. The van der Waals surface area contributed by atoms with Crippen LogP contribution >= 0.6 is 0 Å². The van der Waals surface area contributed by atoms with Gasteiger partial charge >= 0.3 is 6.09 Å². The van der Waals surface area contributed by atoms with Crippen LogP contribution in [0.3, 0.4) is 0 Å². The number of amides is 2. The van der Waals surface area contributed by atoms with Crippen molar-refractivity contribution in [3.05, 3.63) is 11.9 Å². The number of carbonyl (C=O) groups is 2. The molecular weight excluding hydrogens is 238 g/mol. The number of ether oxygens (including phenoxy) is 1. The van der Waals surface area contributed by atoms with E-state index >= 15 is 0 Å². The Kier molecular flexibility index (Phi) is 3.88. The second-order valence-corrected chi connectivity index (χ2v) is 3.85. The molecule has 0 radical (unpaired) electrons. The molecule has 0 aromatic carbocycles. The Morgan fingerprint density at radius 2 is 2.44 bits per heavy atom. The van der Waals surface area contributed by atoms with Crippen molar-refractivity contribution in [2.75, 3.05) is 19.7 Å². The summed E-state index contributed by atoms with van der Waals surface area (Å²) in [5.74, 6) is -0.336. The van der Waals surface area contributed by atoms with E-state index in [2.05, 4.69) is 15.6 Å². The summed E-state index contributed by atoms with van der Waals surface area (Å²) >= 11 is 0. The van der Waals surface area contributed by atoms with Crippen LogP contribution in [0.5, 0.6) is 0 Å². The molecule has 2 heterocycles. The highest BCUT2D eigenvalue weighted by Gasteiger charge is 2.28. The SMILES string of the molecule is CCNCc1cn(CC(=O)N2CCOC2=O)nn1. The van der Waals surface area contributed by atoms with Crippen molar-refractivity contribution < 1.29 is 14.3 Å². The van der Waals surface area contributed by atoms with Gasteiger partial charge in [0.05, 0.1) is 18.4 Å². The number of nitrogens with one attached hydrogen (secondary N) is 1. The monoisotopic (exact) mass is 253 g/mol. The number of imide groups is 1. The lowest BCUT2D eigenvalue weighted by atomic mass is 10.4. The Bertz CT molecular complexity index is 444. The number of hydrogen-bond donors (Lipinski definition) is 1. The van der Waals surface area contributed by atoms with Crippen LogP contribution in [0.2, 0.25) is 0 Å². The normalized spacial score (nSPS) is 14.9. The third-order valence-corrected chi connectivity index (χ3v) is 2.50. The molecule has 2 rings (SSSR count). The molecule has 1 saturated heterocycles. The van der Waals surface area contributed by atoms with Crippen molar-refractivity contribution in [3.8, 4) is 0 Å². The number of carbonyl (C=O) groups excluding carboxylic acids is 2. The summed E-state index contributed by atoms with van der Waals surface area (Å²) in [7, 11) is 0. The first-order valence-corrected chi connectivity index (χ1v) is 5.77. The van der Waals surface area contributed by atoms with Crippen LogP contribution in [-0.4, -0.2) is 51.6 Å². The highest BCUT2D eigenvalue weighted by Crippen LogP contribution is 2.04. The molecule has 0 bridgehead atoms. The molecule has 0 saturated carbocycles. The number of hydrogen-bond acceptors (Lipinski definition) is 6. The number of nitrogens with zero attached hydrogens (tertiary/aromatic N) is 4. The first kappa shape index (κ1) is 12.5. The van der Waals surface area contributed by atoms with Crippen LogP contribution in [0.25, 0.3) is 0 Å². The Balaban J connectivity index is 1.90. The summed E-state index contributed by atoms with van der Waals surface area (Å²) in [5, 5.41) is 10.9. The van der Waals surface area contributed by atoms with Crippen LogP contribution in [0.4, 0.5) is 4.79 Å². The van der Waals surface area contributed by atoms with Gasteiger partial charge in [-0.2, -0.15) is 0 Å². The van der Waals surface area contributed by atoms with E-state index in [9.17, 15) is 9.59 Å². The fraction of sp³-hybridized carbons (Fsp3) is 0.600. The topological polar surface area (TPSA) is 89.4 Å². The van der Waals surface area contributed by atoms with Crippen LogP contribution in [0, 0.1) is 0 Å². The molecule has 1 fully saturated rings. The molecule has 18 heavy (non-hydrogen) atoms. The minimum atomic E-state index is -0.590. The van der Waals surface area contributed by atoms with Crippen LogP contribution in [0.1, 0.15) is 12.6 Å². The second kappa shape index (κ2) is 5.58. The quantitative estimate of drug-likeness (QED) is 0.751. The molecule has 8 nitrogen and oxygen atoms in total. The van der Waals surface area contributed by atoms with Crippen molar-refractivity contribution >= 4 is 12.0 Å². The van der Waals surface area contributed by atoms with Crippen LogP contribution in [-0.2, 0) is 22.6 Å². The molecule has 1 aliphatic rings. The van der Waals surface area contributed by atoms with Gasteiger partial charge in [0.1, 0.15) is 13.2 Å². The van der Waals surface area contributed by atoms with E-state index in [0.717, 1.165) is 17.1 Å². The number of rotatable bonds is 5. The maximum atomic E-state index is 11.8. The van der Waals surface area contributed by atoms with Crippen LogP contribution < -0.4 is 5.32 Å². The summed E-state index contributed by atoms with van der Waals surface area (Å²) in [4.78, 5) is 24.0. The first-order chi connectivity index (χ1) is 8.70. The summed E-state index contributed by atoms with van der Waals surface area (Å²) < 4.78 is 6.11. The van der Waals surface area contributed by atoms with Gasteiger partial charge in [-0.25, -0.2) is 14.4 Å². The molecule has 0 unspecified atom stereocenters. The van der Waals surface area contributed by atoms with Crippen LogP contribution in [0.15, 0.2) is 6.20 Å². The predicted molar refractivity (Wildman–Crippen MR) is 60.5 cm³/mol. The molecule has 98 valence electrons. The zero-order chi connectivity index (χ0) is 13.0. The van der Waals surface area contributed by atoms with Gasteiger partial charge in [0, 0.05) is 6.54 Å². The van der Waals surface area contributed by atoms with Crippen molar-refractivity contribution in [2.24, 2.45) is 0 Å². The summed E-state index contributed by atoms with van der Waals surface area (Å²) in [6.45, 7) is 3.99. The minimum Gasteiger partial charge on any atom is -0.447 e. The van der Waals surface area contributed by atoms with Crippen molar-refractivity contribution in [1.29, 1.82) is 0 Å². The zero-order valence-corrected chi connectivity index (χ0v) is 10.1. The molecule has 0 spiro atoms. The van der Waals surface area contributed by atoms with Gasteiger partial charge in [-0.05, 0) is 6.54 Å². The van der Waals surface area contributed by atoms with Gasteiger partial charge in [0.25, 0.3) is 5.91 Å². The zero-order valence-electron chi connectivity index (χ0n) is 10.1. The maximum Gasteiger partial charge on any atom is 0.416 e. The Morgan fingerprint density at radius 1 is 1.61 bits per heavy atom. The molecule has 0 atom stereocenters. The van der Waals surface area contributed by atoms with E-state index in [1.165, 1.54) is 4.68 Å². The van der Waals surface area contributed by atoms with Gasteiger partial charge in [0.15, 0.2) is 0 Å². The van der Waals surface area contributed by atoms with E-state index in [-0.39, 0.29) is 19.1 Å². The predicted octanol–water partition coefficient (Wildman–Crippen LogP) is -0.634. The molecule has 1 aliphatic heterocycles. The Labute approximate surface area is 104 Å². The van der Waals surface area contributed by atoms with Gasteiger partial charge in [-0.1, -0.05) is 12.1 Å². The van der Waals surface area contributed by atoms with E-state index < -0.39 is 6.09 Å². The van der Waals surface area contributed by atoms with Crippen molar-refractivity contribution in [2.45, 2.75) is 20.0 Å². The molecule has 1 N–H and O–H groups in total. The van der Waals surface area contributed by atoms with Gasteiger partial charge in [0.2, 0.25) is 0 Å². The van der Waals surface area contributed by atoms with E-state index in [1.54, 1.807) is 6.20 Å². The lowest BCUT2D eigenvalue weighted by molar-refractivity contribution is -0.128.